The van der Waals surface area contributed by atoms with Gasteiger partial charge in [-0.1, -0.05) is 6.92 Å². The molecule has 5 heteroatoms. The number of hydrogen-bond donors (Lipinski definition) is 1. The normalized spacial score (nSPS) is 43.3. The molecule has 0 aromatic rings. The van der Waals surface area contributed by atoms with Crippen molar-refractivity contribution in [3.63, 3.8) is 0 Å². The lowest BCUT2D eigenvalue weighted by Crippen LogP contribution is -2.57. The molecule has 0 unspecified atom stereocenters. The Kier molecular flexibility index (Phi) is 3.35. The molecule has 0 saturated carbocycles. The van der Waals surface area contributed by atoms with Gasteiger partial charge in [0.15, 0.2) is 0 Å². The van der Waals surface area contributed by atoms with Gasteiger partial charge >= 0.3 is 0 Å². The summed E-state index contributed by atoms with van der Waals surface area (Å²) in [6, 6.07) is 0. The Morgan fingerprint density at radius 2 is 1.57 bits per heavy atom. The summed E-state index contributed by atoms with van der Waals surface area (Å²) in [6.45, 7) is 2.46. The molecule has 4 atom stereocenters. The van der Waals surface area contributed by atoms with Crippen LogP contribution in [0.5, 0.6) is 0 Å². The molecule has 1 N–H and O–H groups in total. The highest BCUT2D eigenvalue weighted by Crippen LogP contribution is 2.26. The predicted molar refractivity (Wildman–Crippen MR) is 46.6 cm³/mol. The van der Waals surface area contributed by atoms with Crippen LogP contribution in [0.4, 0.5) is 0 Å². The maximum absolute atomic E-state index is 9.09. The van der Waals surface area contributed by atoms with E-state index in [9.17, 15) is 0 Å². The van der Waals surface area contributed by atoms with E-state index < -0.39 is 0 Å². The van der Waals surface area contributed by atoms with E-state index in [4.69, 9.17) is 24.1 Å². The lowest BCUT2D eigenvalue weighted by molar-refractivity contribution is -0.325. The molecule has 0 aromatic heterocycles. The van der Waals surface area contributed by atoms with Crippen LogP contribution in [-0.4, -0.2) is 49.7 Å². The van der Waals surface area contributed by atoms with Crippen molar-refractivity contribution in [2.75, 3.05) is 20.2 Å². The van der Waals surface area contributed by atoms with E-state index in [2.05, 4.69) is 0 Å². The van der Waals surface area contributed by atoms with Crippen LogP contribution in [0.25, 0.3) is 0 Å². The molecule has 0 amide bonds. The van der Waals surface area contributed by atoms with E-state index >= 15 is 0 Å². The van der Waals surface area contributed by atoms with Gasteiger partial charge < -0.3 is 24.1 Å². The van der Waals surface area contributed by atoms with Crippen molar-refractivity contribution in [2.24, 2.45) is 0 Å². The lowest BCUT2D eigenvalue weighted by Gasteiger charge is -2.43. The molecule has 0 spiro atoms. The molecular formula is C9H16O5. The molecule has 14 heavy (non-hydrogen) atoms. The second kappa shape index (κ2) is 4.55. The summed E-state index contributed by atoms with van der Waals surface area (Å²) < 4.78 is 21.5. The van der Waals surface area contributed by atoms with E-state index in [1.807, 2.05) is 6.92 Å². The maximum Gasteiger partial charge on any atom is 0.147 e. The van der Waals surface area contributed by atoms with Crippen LogP contribution in [0.2, 0.25) is 0 Å². The third kappa shape index (κ3) is 1.78. The van der Waals surface area contributed by atoms with Crippen molar-refractivity contribution < 1.29 is 24.1 Å². The minimum absolute atomic E-state index is 0.0407. The summed E-state index contributed by atoms with van der Waals surface area (Å²) in [7, 11) is 0. The fourth-order valence-electron chi connectivity index (χ4n) is 1.93. The summed E-state index contributed by atoms with van der Waals surface area (Å²) in [5, 5.41) is 9.09. The van der Waals surface area contributed by atoms with Gasteiger partial charge in [0, 0.05) is 0 Å². The molecule has 0 radical (unpaired) electrons. The van der Waals surface area contributed by atoms with Gasteiger partial charge in [-0.2, -0.15) is 0 Å². The molecule has 0 aromatic carbocycles. The Balaban J connectivity index is 2.04. The monoisotopic (exact) mass is 204 g/mol. The molecule has 5 nitrogen and oxygen atoms in total. The molecule has 2 aliphatic heterocycles. The SMILES string of the molecule is CC[C@H]1OCO[C@H]2[C@@H]1OCO[C@@H]2CO. The molecule has 2 saturated heterocycles. The number of aliphatic hydroxyl groups excluding tert-OH is 1. The predicted octanol–water partition coefficient (Wildman–Crippen LogP) is -0.128. The zero-order chi connectivity index (χ0) is 9.97. The minimum atomic E-state index is -0.285. The van der Waals surface area contributed by atoms with Crippen LogP contribution in [0.1, 0.15) is 13.3 Å². The standard InChI is InChI=1S/C9H16O5/c1-2-6-8-9(14-4-11-6)7(3-10)12-5-13-8/h6-10H,2-5H2,1H3/t6-,7-,8-,9-/m1/s1. The van der Waals surface area contributed by atoms with Crippen LogP contribution in [-0.2, 0) is 18.9 Å². The summed E-state index contributed by atoms with van der Waals surface area (Å²) >= 11 is 0. The van der Waals surface area contributed by atoms with E-state index in [1.165, 1.54) is 0 Å². The van der Waals surface area contributed by atoms with Gasteiger partial charge in [-0.15, -0.1) is 0 Å². The van der Waals surface area contributed by atoms with Gasteiger partial charge in [-0.3, -0.25) is 0 Å². The lowest BCUT2D eigenvalue weighted by atomic mass is 9.99. The quantitative estimate of drug-likeness (QED) is 0.679. The smallest absolute Gasteiger partial charge is 0.147 e. The third-order valence-electron chi connectivity index (χ3n) is 2.72. The Morgan fingerprint density at radius 3 is 2.14 bits per heavy atom. The van der Waals surface area contributed by atoms with Gasteiger partial charge in [0.25, 0.3) is 0 Å². The third-order valence-corrected chi connectivity index (χ3v) is 2.72. The fourth-order valence-corrected chi connectivity index (χ4v) is 1.93. The summed E-state index contributed by atoms with van der Waals surface area (Å²) in [6.07, 6.45) is 0.327. The van der Waals surface area contributed by atoms with Crippen LogP contribution >= 0.6 is 0 Å². The average molecular weight is 204 g/mol. The second-order valence-corrected chi connectivity index (χ2v) is 3.50. The van der Waals surface area contributed by atoms with E-state index in [1.54, 1.807) is 0 Å². The summed E-state index contributed by atoms with van der Waals surface area (Å²) in [5.41, 5.74) is 0. The highest BCUT2D eigenvalue weighted by atomic mass is 16.8. The first-order chi connectivity index (χ1) is 6.86. The van der Waals surface area contributed by atoms with Gasteiger partial charge in [0.2, 0.25) is 0 Å². The van der Waals surface area contributed by atoms with E-state index in [-0.39, 0.29) is 44.6 Å². The Hall–Kier alpha value is -0.200. The van der Waals surface area contributed by atoms with E-state index in [0.29, 0.717) is 0 Å². The van der Waals surface area contributed by atoms with Crippen molar-refractivity contribution >= 4 is 0 Å². The molecule has 2 rings (SSSR count). The van der Waals surface area contributed by atoms with Crippen LogP contribution in [0, 0.1) is 0 Å². The number of fused-ring (bicyclic) bond motifs is 1. The average Bonchev–Trinajstić information content (AvgIpc) is 2.27. The summed E-state index contributed by atoms with van der Waals surface area (Å²) in [4.78, 5) is 0. The largest absolute Gasteiger partial charge is 0.394 e. The van der Waals surface area contributed by atoms with Gasteiger partial charge in [-0.05, 0) is 6.42 Å². The molecule has 82 valence electrons. The van der Waals surface area contributed by atoms with Crippen molar-refractivity contribution in [1.29, 1.82) is 0 Å². The van der Waals surface area contributed by atoms with Crippen LogP contribution in [0.3, 0.4) is 0 Å². The molecule has 0 aliphatic carbocycles. The molecule has 0 bridgehead atoms. The highest BCUT2D eigenvalue weighted by Gasteiger charge is 2.43. The first-order valence-corrected chi connectivity index (χ1v) is 4.94. The number of rotatable bonds is 2. The fraction of sp³-hybridized carbons (Fsp3) is 1.00. The molecule has 2 heterocycles. The van der Waals surface area contributed by atoms with Gasteiger partial charge in [0.05, 0.1) is 12.7 Å². The molecular weight excluding hydrogens is 188 g/mol. The van der Waals surface area contributed by atoms with Crippen LogP contribution in [0.15, 0.2) is 0 Å². The Morgan fingerprint density at radius 1 is 1.00 bits per heavy atom. The number of ether oxygens (including phenoxy) is 4. The van der Waals surface area contributed by atoms with Gasteiger partial charge in [-0.25, -0.2) is 0 Å². The van der Waals surface area contributed by atoms with Crippen molar-refractivity contribution in [2.45, 2.75) is 37.8 Å². The minimum Gasteiger partial charge on any atom is -0.394 e. The second-order valence-electron chi connectivity index (χ2n) is 3.50. The Labute approximate surface area is 82.9 Å². The van der Waals surface area contributed by atoms with Crippen molar-refractivity contribution in [3.05, 3.63) is 0 Å². The van der Waals surface area contributed by atoms with E-state index in [0.717, 1.165) is 6.42 Å². The van der Waals surface area contributed by atoms with Gasteiger partial charge in [0.1, 0.15) is 31.9 Å². The highest BCUT2D eigenvalue weighted by molar-refractivity contribution is 4.88. The van der Waals surface area contributed by atoms with Crippen molar-refractivity contribution in [3.8, 4) is 0 Å². The number of hydrogen-bond acceptors (Lipinski definition) is 5. The van der Waals surface area contributed by atoms with Crippen molar-refractivity contribution in [1.82, 2.24) is 0 Å². The Bertz CT molecular complexity index is 166. The summed E-state index contributed by atoms with van der Waals surface area (Å²) in [5.74, 6) is 0. The molecule has 2 fully saturated rings. The molecule has 2 aliphatic rings. The first-order valence-electron chi connectivity index (χ1n) is 4.94. The first kappa shape index (κ1) is 10.3. The zero-order valence-electron chi connectivity index (χ0n) is 8.22. The van der Waals surface area contributed by atoms with Crippen LogP contribution < -0.4 is 0 Å². The topological polar surface area (TPSA) is 57.2 Å². The number of aliphatic hydroxyl groups is 1. The maximum atomic E-state index is 9.09. The zero-order valence-corrected chi connectivity index (χ0v) is 8.22.